The number of benzene rings is 1. The van der Waals surface area contributed by atoms with Crippen LogP contribution in [0.3, 0.4) is 0 Å². The molecule has 0 fully saturated rings. The van der Waals surface area contributed by atoms with Crippen LogP contribution in [0.1, 0.15) is 35.1 Å². The summed E-state index contributed by atoms with van der Waals surface area (Å²) in [5.41, 5.74) is 1.90. The summed E-state index contributed by atoms with van der Waals surface area (Å²) >= 11 is 0. The van der Waals surface area contributed by atoms with Gasteiger partial charge in [0.05, 0.1) is 19.3 Å². The first-order chi connectivity index (χ1) is 9.65. The number of nitrogens with zero attached hydrogens (tertiary/aromatic N) is 3. The van der Waals surface area contributed by atoms with Gasteiger partial charge in [0.1, 0.15) is 5.75 Å². The van der Waals surface area contributed by atoms with Crippen LogP contribution in [0.2, 0.25) is 0 Å². The molecule has 6 heteroatoms. The standard InChI is InChI=1S/C14H17N3O3/c1-3-5-12-13(14(19)20-2)15-16-17(12)9-10-6-4-7-11(18)8-10/h4,6-8,18H,3,5,9H2,1-2H3. The molecule has 0 amide bonds. The van der Waals surface area contributed by atoms with Crippen molar-refractivity contribution >= 4 is 5.97 Å². The number of esters is 1. The summed E-state index contributed by atoms with van der Waals surface area (Å²) in [5, 5.41) is 17.4. The molecule has 0 radical (unpaired) electrons. The SMILES string of the molecule is CCCc1c(C(=O)OC)nnn1Cc1cccc(O)c1. The van der Waals surface area contributed by atoms with Crippen molar-refractivity contribution in [2.45, 2.75) is 26.3 Å². The molecule has 6 nitrogen and oxygen atoms in total. The van der Waals surface area contributed by atoms with E-state index in [1.54, 1.807) is 22.9 Å². The average molecular weight is 275 g/mol. The van der Waals surface area contributed by atoms with E-state index < -0.39 is 5.97 Å². The number of phenols is 1. The van der Waals surface area contributed by atoms with Gasteiger partial charge in [0.2, 0.25) is 0 Å². The number of hydrogen-bond donors (Lipinski definition) is 1. The number of methoxy groups -OCH3 is 1. The fourth-order valence-electron chi connectivity index (χ4n) is 2.03. The first-order valence-electron chi connectivity index (χ1n) is 6.44. The van der Waals surface area contributed by atoms with Crippen molar-refractivity contribution < 1.29 is 14.6 Å². The second-order valence-electron chi connectivity index (χ2n) is 4.45. The Balaban J connectivity index is 2.31. The van der Waals surface area contributed by atoms with E-state index in [4.69, 9.17) is 4.74 Å². The molecule has 0 atom stereocenters. The summed E-state index contributed by atoms with van der Waals surface area (Å²) in [6, 6.07) is 6.92. The van der Waals surface area contributed by atoms with Crippen LogP contribution in [0.15, 0.2) is 24.3 Å². The summed E-state index contributed by atoms with van der Waals surface area (Å²) in [6.07, 6.45) is 1.56. The fourth-order valence-corrected chi connectivity index (χ4v) is 2.03. The maximum absolute atomic E-state index is 11.7. The van der Waals surface area contributed by atoms with Gasteiger partial charge in [-0.05, 0) is 24.1 Å². The highest BCUT2D eigenvalue weighted by Gasteiger charge is 2.19. The van der Waals surface area contributed by atoms with Crippen LogP contribution in [0.4, 0.5) is 0 Å². The van der Waals surface area contributed by atoms with Crippen molar-refractivity contribution in [3.63, 3.8) is 0 Å². The van der Waals surface area contributed by atoms with Crippen molar-refractivity contribution in [3.05, 3.63) is 41.2 Å². The normalized spacial score (nSPS) is 10.5. The highest BCUT2D eigenvalue weighted by molar-refractivity contribution is 5.88. The molecule has 0 saturated heterocycles. The van der Waals surface area contributed by atoms with Gasteiger partial charge in [0.25, 0.3) is 0 Å². The monoisotopic (exact) mass is 275 g/mol. The molecule has 1 aromatic heterocycles. The van der Waals surface area contributed by atoms with Crippen LogP contribution < -0.4 is 0 Å². The lowest BCUT2D eigenvalue weighted by Crippen LogP contribution is -2.10. The van der Waals surface area contributed by atoms with Gasteiger partial charge in [-0.2, -0.15) is 0 Å². The van der Waals surface area contributed by atoms with E-state index in [0.717, 1.165) is 17.7 Å². The first-order valence-corrected chi connectivity index (χ1v) is 6.44. The molecule has 1 N–H and O–H groups in total. The van der Waals surface area contributed by atoms with Gasteiger partial charge in [0, 0.05) is 0 Å². The van der Waals surface area contributed by atoms with Crippen molar-refractivity contribution in [2.24, 2.45) is 0 Å². The summed E-state index contributed by atoms with van der Waals surface area (Å²) < 4.78 is 6.38. The zero-order valence-electron chi connectivity index (χ0n) is 11.5. The van der Waals surface area contributed by atoms with E-state index >= 15 is 0 Å². The van der Waals surface area contributed by atoms with E-state index in [0.29, 0.717) is 13.0 Å². The maximum atomic E-state index is 11.7. The Morgan fingerprint density at radius 3 is 2.90 bits per heavy atom. The predicted octanol–water partition coefficient (Wildman–Crippen LogP) is 1.77. The third-order valence-electron chi connectivity index (χ3n) is 2.95. The highest BCUT2D eigenvalue weighted by Crippen LogP contribution is 2.15. The Bertz CT molecular complexity index is 607. The second-order valence-corrected chi connectivity index (χ2v) is 4.45. The quantitative estimate of drug-likeness (QED) is 0.841. The van der Waals surface area contributed by atoms with Gasteiger partial charge in [-0.3, -0.25) is 0 Å². The summed E-state index contributed by atoms with van der Waals surface area (Å²) in [7, 11) is 1.33. The molecule has 0 aliphatic heterocycles. The summed E-state index contributed by atoms with van der Waals surface area (Å²) in [6.45, 7) is 2.47. The molecule has 0 aliphatic carbocycles. The Hall–Kier alpha value is -2.37. The minimum atomic E-state index is -0.476. The molecule has 0 spiro atoms. The summed E-state index contributed by atoms with van der Waals surface area (Å²) in [5.74, 6) is -0.275. The number of ether oxygens (including phenoxy) is 1. The average Bonchev–Trinajstić information content (AvgIpc) is 2.82. The molecule has 20 heavy (non-hydrogen) atoms. The Labute approximate surface area is 117 Å². The Morgan fingerprint density at radius 1 is 1.45 bits per heavy atom. The Morgan fingerprint density at radius 2 is 2.25 bits per heavy atom. The zero-order valence-corrected chi connectivity index (χ0v) is 11.5. The van der Waals surface area contributed by atoms with E-state index in [-0.39, 0.29) is 11.4 Å². The number of aromatic hydroxyl groups is 1. The molecule has 0 aliphatic rings. The minimum absolute atomic E-state index is 0.202. The Kier molecular flexibility index (Phi) is 4.34. The van der Waals surface area contributed by atoms with Crippen LogP contribution in [0, 0.1) is 0 Å². The highest BCUT2D eigenvalue weighted by atomic mass is 16.5. The number of carbonyl (C=O) groups excluding carboxylic acids is 1. The molecular formula is C14H17N3O3. The van der Waals surface area contributed by atoms with Crippen LogP contribution in [0.5, 0.6) is 5.75 Å². The van der Waals surface area contributed by atoms with Crippen LogP contribution in [-0.2, 0) is 17.7 Å². The summed E-state index contributed by atoms with van der Waals surface area (Å²) in [4.78, 5) is 11.7. The second kappa shape index (κ2) is 6.18. The lowest BCUT2D eigenvalue weighted by molar-refractivity contribution is 0.0592. The van der Waals surface area contributed by atoms with Crippen molar-refractivity contribution in [3.8, 4) is 5.75 Å². The topological polar surface area (TPSA) is 77.2 Å². The lowest BCUT2D eigenvalue weighted by Gasteiger charge is -2.07. The van der Waals surface area contributed by atoms with Crippen molar-refractivity contribution in [2.75, 3.05) is 7.11 Å². The fraction of sp³-hybridized carbons (Fsp3) is 0.357. The minimum Gasteiger partial charge on any atom is -0.508 e. The largest absolute Gasteiger partial charge is 0.508 e. The van der Waals surface area contributed by atoms with E-state index in [9.17, 15) is 9.90 Å². The molecule has 2 aromatic rings. The molecule has 0 bridgehead atoms. The predicted molar refractivity (Wildman–Crippen MR) is 72.6 cm³/mol. The lowest BCUT2D eigenvalue weighted by atomic mass is 10.2. The molecule has 1 aromatic carbocycles. The zero-order chi connectivity index (χ0) is 14.5. The van der Waals surface area contributed by atoms with E-state index in [1.165, 1.54) is 7.11 Å². The number of phenolic OH excluding ortho intramolecular Hbond substituents is 1. The number of carbonyl (C=O) groups is 1. The molecule has 2 rings (SSSR count). The van der Waals surface area contributed by atoms with Crippen LogP contribution in [-0.4, -0.2) is 33.2 Å². The smallest absolute Gasteiger partial charge is 0.360 e. The first kappa shape index (κ1) is 14.0. The van der Waals surface area contributed by atoms with Crippen LogP contribution in [0.25, 0.3) is 0 Å². The molecular weight excluding hydrogens is 258 g/mol. The van der Waals surface area contributed by atoms with Crippen molar-refractivity contribution in [1.82, 2.24) is 15.0 Å². The molecule has 1 heterocycles. The van der Waals surface area contributed by atoms with Gasteiger partial charge in [-0.25, -0.2) is 9.48 Å². The van der Waals surface area contributed by atoms with Crippen LogP contribution >= 0.6 is 0 Å². The van der Waals surface area contributed by atoms with Crippen molar-refractivity contribution in [1.29, 1.82) is 0 Å². The van der Waals surface area contributed by atoms with Gasteiger partial charge in [0.15, 0.2) is 5.69 Å². The third kappa shape index (κ3) is 2.96. The molecule has 0 saturated carbocycles. The molecule has 106 valence electrons. The number of hydrogen-bond acceptors (Lipinski definition) is 5. The van der Waals surface area contributed by atoms with Gasteiger partial charge >= 0.3 is 5.97 Å². The molecule has 0 unspecified atom stereocenters. The van der Waals surface area contributed by atoms with Gasteiger partial charge < -0.3 is 9.84 Å². The van der Waals surface area contributed by atoms with Gasteiger partial charge in [-0.1, -0.05) is 30.7 Å². The number of rotatable bonds is 5. The van der Waals surface area contributed by atoms with E-state index in [1.807, 2.05) is 13.0 Å². The third-order valence-corrected chi connectivity index (χ3v) is 2.95. The maximum Gasteiger partial charge on any atom is 0.360 e. The van der Waals surface area contributed by atoms with Gasteiger partial charge in [-0.15, -0.1) is 5.10 Å². The van der Waals surface area contributed by atoms with E-state index in [2.05, 4.69) is 10.3 Å². The number of aromatic nitrogens is 3.